The third-order valence-electron chi connectivity index (χ3n) is 3.59. The van der Waals surface area contributed by atoms with Gasteiger partial charge in [-0.25, -0.2) is 4.79 Å². The van der Waals surface area contributed by atoms with Crippen LogP contribution in [0.4, 0.5) is 0 Å². The number of esters is 1. The maximum Gasteiger partial charge on any atom is 0.340 e. The zero-order valence-corrected chi connectivity index (χ0v) is 17.0. The Morgan fingerprint density at radius 2 is 1.93 bits per heavy atom. The lowest BCUT2D eigenvalue weighted by atomic mass is 10.1. The van der Waals surface area contributed by atoms with Gasteiger partial charge in [0.2, 0.25) is 5.91 Å². The maximum absolute atomic E-state index is 12.6. The first-order valence-electron chi connectivity index (χ1n) is 8.90. The number of benzene rings is 1. The summed E-state index contributed by atoms with van der Waals surface area (Å²) in [5, 5.41) is 6.96. The van der Waals surface area contributed by atoms with E-state index in [9.17, 15) is 14.4 Å². The van der Waals surface area contributed by atoms with E-state index >= 15 is 0 Å². The number of aryl methyl sites for hydroxylation is 1. The van der Waals surface area contributed by atoms with Crippen molar-refractivity contribution in [3.05, 3.63) is 57.8 Å². The van der Waals surface area contributed by atoms with Crippen molar-refractivity contribution in [3.63, 3.8) is 0 Å². The van der Waals surface area contributed by atoms with Crippen molar-refractivity contribution in [2.45, 2.75) is 26.8 Å². The van der Waals surface area contributed by atoms with Crippen LogP contribution in [-0.2, 0) is 19.1 Å². The van der Waals surface area contributed by atoms with Crippen molar-refractivity contribution >= 4 is 40.8 Å². The Balaban J connectivity index is 2.00. The second kappa shape index (κ2) is 10.4. The molecule has 2 amide bonds. The Morgan fingerprint density at radius 1 is 1.14 bits per heavy atom. The molecule has 0 aliphatic carbocycles. The number of hydrogen-bond donors (Lipinski definition) is 2. The molecule has 1 aromatic carbocycles. The summed E-state index contributed by atoms with van der Waals surface area (Å²) in [4.78, 5) is 36.7. The SMILES string of the molecule is Cc1cccc(/C=C(/C(=O)OCC(=O)NCC(=O)NC(C)C)c2cccs2)c1. The van der Waals surface area contributed by atoms with E-state index in [4.69, 9.17) is 4.74 Å². The van der Waals surface area contributed by atoms with Crippen LogP contribution < -0.4 is 10.6 Å². The van der Waals surface area contributed by atoms with Gasteiger partial charge in [0.15, 0.2) is 6.61 Å². The van der Waals surface area contributed by atoms with Gasteiger partial charge in [0, 0.05) is 10.9 Å². The van der Waals surface area contributed by atoms with Gasteiger partial charge in [-0.1, -0.05) is 35.9 Å². The third kappa shape index (κ3) is 7.00. The number of carbonyl (C=O) groups excluding carboxylic acids is 3. The molecule has 2 N–H and O–H groups in total. The van der Waals surface area contributed by atoms with Gasteiger partial charge < -0.3 is 15.4 Å². The zero-order chi connectivity index (χ0) is 20.5. The van der Waals surface area contributed by atoms with Crippen molar-refractivity contribution in [2.24, 2.45) is 0 Å². The zero-order valence-electron chi connectivity index (χ0n) is 16.2. The average Bonchev–Trinajstić information content (AvgIpc) is 3.16. The summed E-state index contributed by atoms with van der Waals surface area (Å²) < 4.78 is 5.16. The Bertz CT molecular complexity index is 857. The Hall–Kier alpha value is -2.93. The highest BCUT2D eigenvalue weighted by Gasteiger charge is 2.17. The highest BCUT2D eigenvalue weighted by Crippen LogP contribution is 2.24. The standard InChI is InChI=1S/C21H24N2O4S/c1-14(2)23-19(24)12-22-20(25)13-27-21(26)17(18-8-5-9-28-18)11-16-7-4-6-15(3)10-16/h4-11,14H,12-13H2,1-3H3,(H,22,25)(H,23,24)/b17-11+. The molecule has 0 bridgehead atoms. The quantitative estimate of drug-likeness (QED) is 0.527. The number of ether oxygens (including phenoxy) is 1. The van der Waals surface area contributed by atoms with Crippen molar-refractivity contribution < 1.29 is 19.1 Å². The van der Waals surface area contributed by atoms with E-state index in [-0.39, 0.29) is 18.5 Å². The van der Waals surface area contributed by atoms with Crippen LogP contribution in [-0.4, -0.2) is 37.0 Å². The van der Waals surface area contributed by atoms with Gasteiger partial charge >= 0.3 is 5.97 Å². The first kappa shape index (κ1) is 21.4. The van der Waals surface area contributed by atoms with Crippen molar-refractivity contribution in [1.82, 2.24) is 10.6 Å². The molecule has 148 valence electrons. The smallest absolute Gasteiger partial charge is 0.340 e. The second-order valence-corrected chi connectivity index (χ2v) is 7.47. The number of carbonyl (C=O) groups is 3. The van der Waals surface area contributed by atoms with Crippen LogP contribution in [0.3, 0.4) is 0 Å². The minimum atomic E-state index is -0.592. The molecule has 6 nitrogen and oxygen atoms in total. The van der Waals surface area contributed by atoms with Crippen LogP contribution in [0.1, 0.15) is 29.9 Å². The summed E-state index contributed by atoms with van der Waals surface area (Å²) in [5.74, 6) is -1.42. The molecule has 0 saturated carbocycles. The van der Waals surface area contributed by atoms with Crippen LogP contribution in [0.2, 0.25) is 0 Å². The Labute approximate surface area is 168 Å². The summed E-state index contributed by atoms with van der Waals surface area (Å²) in [6.07, 6.45) is 1.75. The summed E-state index contributed by atoms with van der Waals surface area (Å²) in [7, 11) is 0. The van der Waals surface area contributed by atoms with E-state index in [0.717, 1.165) is 16.0 Å². The highest BCUT2D eigenvalue weighted by atomic mass is 32.1. The number of amides is 2. The predicted octanol–water partition coefficient (Wildman–Crippen LogP) is 2.78. The first-order valence-corrected chi connectivity index (χ1v) is 9.78. The van der Waals surface area contributed by atoms with Gasteiger partial charge in [-0.2, -0.15) is 0 Å². The molecule has 2 rings (SSSR count). The molecule has 0 atom stereocenters. The molecule has 0 saturated heterocycles. The van der Waals surface area contributed by atoms with Crippen LogP contribution in [0.15, 0.2) is 41.8 Å². The molecule has 1 heterocycles. The van der Waals surface area contributed by atoms with Gasteiger partial charge in [0.1, 0.15) is 0 Å². The fourth-order valence-corrected chi connectivity index (χ4v) is 3.13. The largest absolute Gasteiger partial charge is 0.452 e. The molecular weight excluding hydrogens is 376 g/mol. The Kier molecular flexibility index (Phi) is 7.95. The lowest BCUT2D eigenvalue weighted by Gasteiger charge is -2.10. The summed E-state index contributed by atoms with van der Waals surface area (Å²) in [6, 6.07) is 11.4. The molecule has 0 unspecified atom stereocenters. The van der Waals surface area contributed by atoms with Gasteiger partial charge in [-0.3, -0.25) is 9.59 Å². The molecule has 0 aliphatic heterocycles. The summed E-state index contributed by atoms with van der Waals surface area (Å²) in [5.41, 5.74) is 2.33. The lowest BCUT2D eigenvalue weighted by Crippen LogP contribution is -2.41. The van der Waals surface area contributed by atoms with Gasteiger partial charge in [0.25, 0.3) is 5.91 Å². The fraction of sp³-hybridized carbons (Fsp3) is 0.286. The average molecular weight is 401 g/mol. The molecule has 1 aromatic heterocycles. The van der Waals surface area contributed by atoms with Crippen LogP contribution in [0.25, 0.3) is 11.6 Å². The molecule has 0 radical (unpaired) electrons. The number of rotatable bonds is 8. The second-order valence-electron chi connectivity index (χ2n) is 6.52. The molecule has 7 heteroatoms. The lowest BCUT2D eigenvalue weighted by molar-refractivity contribution is -0.143. The molecule has 0 spiro atoms. The third-order valence-corrected chi connectivity index (χ3v) is 4.49. The minimum absolute atomic E-state index is 0.0117. The van der Waals surface area contributed by atoms with Gasteiger partial charge in [-0.15, -0.1) is 11.3 Å². The fourth-order valence-electron chi connectivity index (χ4n) is 2.40. The van der Waals surface area contributed by atoms with Crippen molar-refractivity contribution in [2.75, 3.05) is 13.2 Å². The molecule has 0 aliphatic rings. The first-order chi connectivity index (χ1) is 13.3. The van der Waals surface area contributed by atoms with E-state index < -0.39 is 18.5 Å². The molecule has 28 heavy (non-hydrogen) atoms. The summed E-state index contributed by atoms with van der Waals surface area (Å²) in [6.45, 7) is 5.01. The highest BCUT2D eigenvalue weighted by molar-refractivity contribution is 7.11. The minimum Gasteiger partial charge on any atom is -0.452 e. The monoisotopic (exact) mass is 400 g/mol. The van der Waals surface area contributed by atoms with E-state index in [2.05, 4.69) is 10.6 Å². The topological polar surface area (TPSA) is 84.5 Å². The summed E-state index contributed by atoms with van der Waals surface area (Å²) >= 11 is 1.41. The van der Waals surface area contributed by atoms with Gasteiger partial charge in [-0.05, 0) is 43.9 Å². The Morgan fingerprint density at radius 3 is 2.57 bits per heavy atom. The normalized spacial score (nSPS) is 11.2. The molecular formula is C21H24N2O4S. The maximum atomic E-state index is 12.6. The predicted molar refractivity (Wildman–Crippen MR) is 111 cm³/mol. The molecule has 0 fully saturated rings. The van der Waals surface area contributed by atoms with Gasteiger partial charge in [0.05, 0.1) is 12.1 Å². The molecule has 2 aromatic rings. The van der Waals surface area contributed by atoms with Crippen LogP contribution >= 0.6 is 11.3 Å². The van der Waals surface area contributed by atoms with E-state index in [1.54, 1.807) is 6.08 Å². The number of hydrogen-bond acceptors (Lipinski definition) is 5. The van der Waals surface area contributed by atoms with E-state index in [0.29, 0.717) is 5.57 Å². The van der Waals surface area contributed by atoms with Crippen LogP contribution in [0.5, 0.6) is 0 Å². The van der Waals surface area contributed by atoms with E-state index in [1.807, 2.05) is 62.5 Å². The number of thiophene rings is 1. The number of nitrogens with one attached hydrogen (secondary N) is 2. The van der Waals surface area contributed by atoms with Crippen molar-refractivity contribution in [3.8, 4) is 0 Å². The van der Waals surface area contributed by atoms with E-state index in [1.165, 1.54) is 11.3 Å². The van der Waals surface area contributed by atoms with Crippen LogP contribution in [0, 0.1) is 6.92 Å². The van der Waals surface area contributed by atoms with Crippen molar-refractivity contribution in [1.29, 1.82) is 0 Å².